The first-order valence-electron chi connectivity index (χ1n) is 7.29. The molecule has 7 heteroatoms. The summed E-state index contributed by atoms with van der Waals surface area (Å²) in [6, 6.07) is 6.31. The highest BCUT2D eigenvalue weighted by Crippen LogP contribution is 2.26. The molecule has 0 saturated heterocycles. The summed E-state index contributed by atoms with van der Waals surface area (Å²) in [4.78, 5) is 6.03. The molecule has 124 valence electrons. The summed E-state index contributed by atoms with van der Waals surface area (Å²) in [7, 11) is 1.97. The molecule has 0 atom stereocenters. The highest BCUT2D eigenvalue weighted by Gasteiger charge is 2.13. The molecule has 2 aromatic heterocycles. The van der Waals surface area contributed by atoms with Crippen LogP contribution in [0, 0.1) is 5.82 Å². The van der Waals surface area contributed by atoms with Crippen LogP contribution in [0.5, 0.6) is 0 Å². The van der Waals surface area contributed by atoms with Crippen LogP contribution in [0.4, 0.5) is 4.39 Å². The second-order valence-corrected chi connectivity index (χ2v) is 6.35. The molecule has 0 unspecified atom stereocenters. The van der Waals surface area contributed by atoms with Crippen molar-refractivity contribution in [3.63, 3.8) is 0 Å². The van der Waals surface area contributed by atoms with Gasteiger partial charge in [-0.1, -0.05) is 23.2 Å². The smallest absolute Gasteiger partial charge is 0.123 e. The minimum absolute atomic E-state index is 0.265. The zero-order valence-corrected chi connectivity index (χ0v) is 14.4. The van der Waals surface area contributed by atoms with E-state index < -0.39 is 0 Å². The molecule has 1 N–H and O–H groups in total. The van der Waals surface area contributed by atoms with Gasteiger partial charge in [0.25, 0.3) is 0 Å². The van der Waals surface area contributed by atoms with Crippen molar-refractivity contribution in [1.29, 1.82) is 0 Å². The van der Waals surface area contributed by atoms with Gasteiger partial charge in [0.2, 0.25) is 0 Å². The van der Waals surface area contributed by atoms with E-state index >= 15 is 0 Å². The summed E-state index contributed by atoms with van der Waals surface area (Å²) in [5.74, 6) is -0.265. The molecule has 0 radical (unpaired) electrons. The van der Waals surface area contributed by atoms with E-state index in [2.05, 4.69) is 20.1 Å². The second-order valence-electron chi connectivity index (χ2n) is 5.53. The lowest BCUT2D eigenvalue weighted by Gasteiger charge is -2.18. The third-order valence-corrected chi connectivity index (χ3v) is 4.32. The van der Waals surface area contributed by atoms with Gasteiger partial charge in [0.05, 0.1) is 21.9 Å². The van der Waals surface area contributed by atoms with Gasteiger partial charge in [-0.2, -0.15) is 5.10 Å². The van der Waals surface area contributed by atoms with E-state index in [-0.39, 0.29) is 5.82 Å². The first kappa shape index (κ1) is 16.9. The molecule has 0 spiro atoms. The predicted octanol–water partition coefficient (Wildman–Crippen LogP) is 4.55. The third-order valence-electron chi connectivity index (χ3n) is 3.67. The molecule has 2 heterocycles. The number of halogens is 3. The lowest BCUT2D eigenvalue weighted by atomic mass is 10.1. The first-order valence-corrected chi connectivity index (χ1v) is 8.05. The van der Waals surface area contributed by atoms with Gasteiger partial charge < -0.3 is 0 Å². The van der Waals surface area contributed by atoms with Crippen LogP contribution in [-0.2, 0) is 13.1 Å². The number of benzene rings is 1. The maximum Gasteiger partial charge on any atom is 0.123 e. The van der Waals surface area contributed by atoms with Crippen molar-refractivity contribution in [2.24, 2.45) is 0 Å². The highest BCUT2D eigenvalue weighted by atomic mass is 35.5. The van der Waals surface area contributed by atoms with Gasteiger partial charge in [0.15, 0.2) is 0 Å². The Morgan fingerprint density at radius 1 is 1.04 bits per heavy atom. The van der Waals surface area contributed by atoms with E-state index in [1.165, 1.54) is 12.1 Å². The minimum Gasteiger partial charge on any atom is -0.298 e. The van der Waals surface area contributed by atoms with Crippen molar-refractivity contribution >= 4 is 23.2 Å². The molecule has 0 fully saturated rings. The summed E-state index contributed by atoms with van der Waals surface area (Å²) in [5, 5.41) is 8.16. The van der Waals surface area contributed by atoms with Gasteiger partial charge >= 0.3 is 0 Å². The van der Waals surface area contributed by atoms with E-state index in [0.717, 1.165) is 22.4 Å². The molecule has 0 aliphatic carbocycles. The van der Waals surface area contributed by atoms with Crippen LogP contribution in [0.3, 0.4) is 0 Å². The zero-order chi connectivity index (χ0) is 17.1. The van der Waals surface area contributed by atoms with Crippen molar-refractivity contribution in [3.05, 3.63) is 69.8 Å². The summed E-state index contributed by atoms with van der Waals surface area (Å²) >= 11 is 12.3. The van der Waals surface area contributed by atoms with Crippen LogP contribution in [0.15, 0.2) is 42.9 Å². The second kappa shape index (κ2) is 7.30. The average Bonchev–Trinajstić information content (AvgIpc) is 3.00. The molecular formula is C17H15Cl2FN4. The summed E-state index contributed by atoms with van der Waals surface area (Å²) < 4.78 is 13.1. The molecule has 0 aliphatic heterocycles. The Kier molecular flexibility index (Phi) is 5.14. The van der Waals surface area contributed by atoms with Crippen LogP contribution in [0.1, 0.15) is 11.1 Å². The topological polar surface area (TPSA) is 44.8 Å². The number of nitrogens with one attached hydrogen (secondary N) is 1. The van der Waals surface area contributed by atoms with Crippen LogP contribution >= 0.6 is 23.2 Å². The number of H-pyrrole nitrogens is 1. The van der Waals surface area contributed by atoms with E-state index in [1.807, 2.05) is 7.05 Å². The molecule has 24 heavy (non-hydrogen) atoms. The molecule has 1 aromatic carbocycles. The first-order chi connectivity index (χ1) is 11.5. The van der Waals surface area contributed by atoms with Crippen molar-refractivity contribution < 1.29 is 4.39 Å². The van der Waals surface area contributed by atoms with E-state index in [4.69, 9.17) is 23.2 Å². The Morgan fingerprint density at radius 3 is 2.38 bits per heavy atom. The minimum atomic E-state index is -0.265. The van der Waals surface area contributed by atoms with Gasteiger partial charge in [-0.25, -0.2) is 4.39 Å². The van der Waals surface area contributed by atoms with Crippen LogP contribution < -0.4 is 0 Å². The molecule has 0 bridgehead atoms. The fourth-order valence-electron chi connectivity index (χ4n) is 2.50. The normalized spacial score (nSPS) is 11.2. The number of hydrogen-bond donors (Lipinski definition) is 1. The lowest BCUT2D eigenvalue weighted by molar-refractivity contribution is 0.319. The van der Waals surface area contributed by atoms with Gasteiger partial charge in [-0.3, -0.25) is 15.0 Å². The van der Waals surface area contributed by atoms with Gasteiger partial charge in [-0.15, -0.1) is 0 Å². The monoisotopic (exact) mass is 364 g/mol. The number of hydrogen-bond acceptors (Lipinski definition) is 3. The average molecular weight is 365 g/mol. The summed E-state index contributed by atoms with van der Waals surface area (Å²) in [6.45, 7) is 1.21. The largest absolute Gasteiger partial charge is 0.298 e. The van der Waals surface area contributed by atoms with Crippen molar-refractivity contribution in [2.75, 3.05) is 7.05 Å². The molecular weight excluding hydrogens is 350 g/mol. The van der Waals surface area contributed by atoms with Crippen LogP contribution in [0.25, 0.3) is 11.3 Å². The molecule has 0 aliphatic rings. The Bertz CT molecular complexity index is 813. The SMILES string of the molecule is CN(Cc1cn[nH]c1-c1ccc(F)cc1)Cc1c(Cl)cncc1Cl. The number of rotatable bonds is 5. The lowest BCUT2D eigenvalue weighted by Crippen LogP contribution is -2.18. The molecule has 3 aromatic rings. The van der Waals surface area contributed by atoms with E-state index in [9.17, 15) is 4.39 Å². The predicted molar refractivity (Wildman–Crippen MR) is 93.4 cm³/mol. The van der Waals surface area contributed by atoms with E-state index in [0.29, 0.717) is 23.1 Å². The van der Waals surface area contributed by atoms with Crippen molar-refractivity contribution in [1.82, 2.24) is 20.1 Å². The number of aromatic nitrogens is 3. The standard InChI is InChI=1S/C17H15Cl2FN4/c1-24(10-14-15(18)7-21-8-16(14)19)9-12-6-22-23-17(12)11-2-4-13(20)5-3-11/h2-8H,9-10H2,1H3,(H,22,23). The van der Waals surface area contributed by atoms with Gasteiger partial charge in [-0.05, 0) is 31.3 Å². The molecule has 4 nitrogen and oxygen atoms in total. The van der Waals surface area contributed by atoms with Crippen LogP contribution in [0.2, 0.25) is 10.0 Å². The number of nitrogens with zero attached hydrogens (tertiary/aromatic N) is 3. The fourth-order valence-corrected chi connectivity index (χ4v) is 2.99. The van der Waals surface area contributed by atoms with Gasteiger partial charge in [0, 0.05) is 42.2 Å². The number of pyridine rings is 1. The van der Waals surface area contributed by atoms with E-state index in [1.54, 1.807) is 30.7 Å². The van der Waals surface area contributed by atoms with Gasteiger partial charge in [0.1, 0.15) is 5.82 Å². The quantitative estimate of drug-likeness (QED) is 0.722. The highest BCUT2D eigenvalue weighted by molar-refractivity contribution is 6.35. The summed E-state index contributed by atoms with van der Waals surface area (Å²) in [5.41, 5.74) is 3.60. The van der Waals surface area contributed by atoms with Crippen LogP contribution in [-0.4, -0.2) is 27.1 Å². The zero-order valence-electron chi connectivity index (χ0n) is 12.9. The van der Waals surface area contributed by atoms with Crippen molar-refractivity contribution in [3.8, 4) is 11.3 Å². The fraction of sp³-hybridized carbons (Fsp3) is 0.176. The summed E-state index contributed by atoms with van der Waals surface area (Å²) in [6.07, 6.45) is 4.93. The third kappa shape index (κ3) is 3.75. The Labute approximate surface area is 149 Å². The number of aromatic amines is 1. The molecule has 0 saturated carbocycles. The molecule has 3 rings (SSSR count). The Hall–Kier alpha value is -1.95. The maximum absolute atomic E-state index is 13.1. The molecule has 0 amide bonds. The Morgan fingerprint density at radius 2 is 1.71 bits per heavy atom. The Balaban J connectivity index is 1.77. The van der Waals surface area contributed by atoms with Crippen molar-refractivity contribution in [2.45, 2.75) is 13.1 Å². The maximum atomic E-state index is 13.1.